The summed E-state index contributed by atoms with van der Waals surface area (Å²) in [5, 5.41) is 9.91. The van der Waals surface area contributed by atoms with Gasteiger partial charge in [0.15, 0.2) is 9.84 Å². The van der Waals surface area contributed by atoms with Crippen LogP contribution in [0.5, 0.6) is 5.75 Å². The van der Waals surface area contributed by atoms with Crippen LogP contribution in [0.2, 0.25) is 0 Å². The minimum absolute atomic E-state index is 0.222. The number of nitrogens with zero attached hydrogens (tertiary/aromatic N) is 1. The van der Waals surface area contributed by atoms with Gasteiger partial charge in [-0.15, -0.1) is 0 Å². The summed E-state index contributed by atoms with van der Waals surface area (Å²) in [5.74, 6) is -0.203. The molecule has 6 nitrogen and oxygen atoms in total. The second-order valence-electron chi connectivity index (χ2n) is 4.80. The summed E-state index contributed by atoms with van der Waals surface area (Å²) in [6.45, 7) is 1.35. The van der Waals surface area contributed by atoms with Crippen LogP contribution in [-0.4, -0.2) is 50.2 Å². The van der Waals surface area contributed by atoms with E-state index in [0.29, 0.717) is 11.4 Å². The topological polar surface area (TPSA) is 83.9 Å². The minimum Gasteiger partial charge on any atom is -0.497 e. The van der Waals surface area contributed by atoms with E-state index in [-0.39, 0.29) is 17.4 Å². The second-order valence-corrected chi connectivity index (χ2v) is 6.95. The van der Waals surface area contributed by atoms with E-state index in [2.05, 4.69) is 0 Å². The first-order chi connectivity index (χ1) is 9.34. The van der Waals surface area contributed by atoms with Crippen LogP contribution < -0.4 is 9.64 Å². The average Bonchev–Trinajstić information content (AvgIpc) is 2.63. The van der Waals surface area contributed by atoms with Gasteiger partial charge in [0.25, 0.3) is 0 Å². The summed E-state index contributed by atoms with van der Waals surface area (Å²) >= 11 is 0. The third-order valence-electron chi connectivity index (χ3n) is 3.32. The van der Waals surface area contributed by atoms with Crippen molar-refractivity contribution in [3.05, 3.63) is 24.3 Å². The first kappa shape index (κ1) is 14.8. The maximum Gasteiger partial charge on any atom is 0.224 e. The number of hydrogen-bond donors (Lipinski definition) is 1. The van der Waals surface area contributed by atoms with Gasteiger partial charge in [-0.05, 0) is 24.3 Å². The van der Waals surface area contributed by atoms with Gasteiger partial charge in [0.05, 0.1) is 30.8 Å². The van der Waals surface area contributed by atoms with Crippen molar-refractivity contribution < 1.29 is 23.1 Å². The molecule has 1 aromatic carbocycles. The van der Waals surface area contributed by atoms with E-state index < -0.39 is 22.0 Å². The summed E-state index contributed by atoms with van der Waals surface area (Å²) in [4.78, 5) is 13.2. The van der Waals surface area contributed by atoms with Crippen molar-refractivity contribution >= 4 is 21.4 Å². The Bertz CT molecular complexity index is 596. The van der Waals surface area contributed by atoms with E-state index in [9.17, 15) is 18.3 Å². The van der Waals surface area contributed by atoms with E-state index in [1.807, 2.05) is 0 Å². The van der Waals surface area contributed by atoms with Crippen LogP contribution in [-0.2, 0) is 14.6 Å². The highest BCUT2D eigenvalue weighted by Gasteiger charge is 2.41. The first-order valence-corrected chi connectivity index (χ1v) is 7.98. The Hall–Kier alpha value is -1.60. The van der Waals surface area contributed by atoms with Crippen molar-refractivity contribution in [2.24, 2.45) is 0 Å². The summed E-state index contributed by atoms with van der Waals surface area (Å²) < 4.78 is 28.2. The lowest BCUT2D eigenvalue weighted by Crippen LogP contribution is -2.46. The molecule has 0 aromatic heterocycles. The molecule has 7 heteroatoms. The van der Waals surface area contributed by atoms with Crippen LogP contribution in [0.25, 0.3) is 0 Å². The number of amides is 1. The Kier molecular flexibility index (Phi) is 4.01. The number of aliphatic hydroxyl groups is 1. The number of methoxy groups -OCH3 is 1. The van der Waals surface area contributed by atoms with Gasteiger partial charge in [-0.2, -0.15) is 0 Å². The Morgan fingerprint density at radius 1 is 1.30 bits per heavy atom. The number of sulfone groups is 1. The Balaban J connectivity index is 2.34. The highest BCUT2D eigenvalue weighted by Crippen LogP contribution is 2.26. The van der Waals surface area contributed by atoms with E-state index in [1.165, 1.54) is 18.9 Å². The highest BCUT2D eigenvalue weighted by molar-refractivity contribution is 7.91. The number of ether oxygens (including phenoxy) is 1. The molecule has 1 aromatic rings. The van der Waals surface area contributed by atoms with Crippen LogP contribution in [0.15, 0.2) is 24.3 Å². The molecule has 0 bridgehead atoms. The molecule has 0 spiro atoms. The lowest BCUT2D eigenvalue weighted by molar-refractivity contribution is -0.117. The van der Waals surface area contributed by atoms with E-state index in [0.717, 1.165) is 0 Å². The fraction of sp³-hybridized carbons (Fsp3) is 0.462. The average molecular weight is 299 g/mol. The van der Waals surface area contributed by atoms with Crippen LogP contribution in [0.3, 0.4) is 0 Å². The number of benzene rings is 1. The Labute approximate surface area is 117 Å². The lowest BCUT2D eigenvalue weighted by Gasteiger charge is -2.29. The highest BCUT2D eigenvalue weighted by atomic mass is 32.2. The largest absolute Gasteiger partial charge is 0.497 e. The Morgan fingerprint density at radius 2 is 1.90 bits per heavy atom. The SMILES string of the molecule is COc1ccc(N(C(C)=O)C2CS(=O)(=O)CC2O)cc1. The molecule has 0 aliphatic carbocycles. The number of aliphatic hydroxyl groups excluding tert-OH is 1. The molecule has 1 N–H and O–H groups in total. The maximum absolute atomic E-state index is 11.8. The molecule has 2 rings (SSSR count). The fourth-order valence-electron chi connectivity index (χ4n) is 2.41. The van der Waals surface area contributed by atoms with Crippen LogP contribution in [0.1, 0.15) is 6.92 Å². The summed E-state index contributed by atoms with van der Waals surface area (Å²) in [5.41, 5.74) is 0.541. The van der Waals surface area contributed by atoms with Gasteiger partial charge in [0.2, 0.25) is 5.91 Å². The van der Waals surface area contributed by atoms with Gasteiger partial charge in [0, 0.05) is 12.6 Å². The first-order valence-electron chi connectivity index (χ1n) is 6.16. The van der Waals surface area contributed by atoms with Crippen molar-refractivity contribution in [3.8, 4) is 5.75 Å². The van der Waals surface area contributed by atoms with E-state index in [1.54, 1.807) is 24.3 Å². The number of carbonyl (C=O) groups is 1. The normalized spacial score (nSPS) is 24.4. The molecule has 1 aliphatic heterocycles. The van der Waals surface area contributed by atoms with Crippen LogP contribution in [0, 0.1) is 0 Å². The van der Waals surface area contributed by atoms with E-state index in [4.69, 9.17) is 4.74 Å². The molecule has 1 saturated heterocycles. The number of rotatable bonds is 3. The zero-order valence-corrected chi connectivity index (χ0v) is 12.1. The van der Waals surface area contributed by atoms with Crippen molar-refractivity contribution in [1.82, 2.24) is 0 Å². The number of hydrogen-bond acceptors (Lipinski definition) is 5. The number of anilines is 1. The van der Waals surface area contributed by atoms with Crippen LogP contribution in [0.4, 0.5) is 5.69 Å². The minimum atomic E-state index is -3.31. The standard InChI is InChI=1S/C13H17NO5S/c1-9(15)14(10-3-5-11(19-2)6-4-10)12-7-20(17,18)8-13(12)16/h3-6,12-13,16H,7-8H2,1-2H3. The van der Waals surface area contributed by atoms with Gasteiger partial charge in [-0.1, -0.05) is 0 Å². The third kappa shape index (κ3) is 2.94. The van der Waals surface area contributed by atoms with Gasteiger partial charge in [-0.25, -0.2) is 8.42 Å². The molecule has 2 unspecified atom stereocenters. The van der Waals surface area contributed by atoms with Crippen molar-refractivity contribution in [1.29, 1.82) is 0 Å². The molecule has 0 saturated carbocycles. The maximum atomic E-state index is 11.8. The smallest absolute Gasteiger partial charge is 0.224 e. The fourth-order valence-corrected chi connectivity index (χ4v) is 4.18. The molecular weight excluding hydrogens is 282 g/mol. The quantitative estimate of drug-likeness (QED) is 0.862. The van der Waals surface area contributed by atoms with Gasteiger partial charge in [0.1, 0.15) is 5.75 Å². The summed E-state index contributed by atoms with van der Waals surface area (Å²) in [7, 11) is -1.78. The number of carbonyl (C=O) groups excluding carboxylic acids is 1. The predicted octanol–water partition coefficient (Wildman–Crippen LogP) is 0.206. The molecular formula is C13H17NO5S. The molecule has 20 heavy (non-hydrogen) atoms. The van der Waals surface area contributed by atoms with Crippen molar-refractivity contribution in [3.63, 3.8) is 0 Å². The van der Waals surface area contributed by atoms with Gasteiger partial charge in [-0.3, -0.25) is 4.79 Å². The second kappa shape index (κ2) is 5.41. The molecule has 0 radical (unpaired) electrons. The van der Waals surface area contributed by atoms with Gasteiger partial charge < -0.3 is 14.7 Å². The van der Waals surface area contributed by atoms with E-state index >= 15 is 0 Å². The molecule has 1 fully saturated rings. The van der Waals surface area contributed by atoms with Crippen molar-refractivity contribution in [2.75, 3.05) is 23.5 Å². The zero-order valence-electron chi connectivity index (χ0n) is 11.3. The molecule has 110 valence electrons. The van der Waals surface area contributed by atoms with Crippen LogP contribution >= 0.6 is 0 Å². The molecule has 1 aliphatic rings. The lowest BCUT2D eigenvalue weighted by atomic mass is 10.1. The molecule has 1 amide bonds. The summed E-state index contributed by atoms with van der Waals surface area (Å²) in [6, 6.07) is 5.95. The zero-order chi connectivity index (χ0) is 14.9. The summed E-state index contributed by atoms with van der Waals surface area (Å²) in [6.07, 6.45) is -1.06. The Morgan fingerprint density at radius 3 is 2.30 bits per heavy atom. The van der Waals surface area contributed by atoms with Crippen molar-refractivity contribution in [2.45, 2.75) is 19.1 Å². The molecule has 1 heterocycles. The van der Waals surface area contributed by atoms with Gasteiger partial charge >= 0.3 is 0 Å². The third-order valence-corrected chi connectivity index (χ3v) is 5.01. The molecule has 2 atom stereocenters. The predicted molar refractivity (Wildman–Crippen MR) is 74.6 cm³/mol. The monoisotopic (exact) mass is 299 g/mol.